The molecule has 1 aromatic heterocycles. The van der Waals surface area contributed by atoms with Crippen LogP contribution in [0.4, 0.5) is 0 Å². The SMILES string of the molecule is CCS(=O)(=O)N1CCC(N(CC(=O)O)C(=O)c2ccc(C)s2)CC1. The van der Waals surface area contributed by atoms with Crippen LogP contribution in [0.2, 0.25) is 0 Å². The number of carbonyl (C=O) groups is 2. The van der Waals surface area contributed by atoms with Gasteiger partial charge in [-0.25, -0.2) is 12.7 Å². The first kappa shape index (κ1) is 18.9. The average molecular weight is 374 g/mol. The van der Waals surface area contributed by atoms with Crippen LogP contribution in [0.1, 0.15) is 34.3 Å². The first-order valence-electron chi connectivity index (χ1n) is 7.81. The van der Waals surface area contributed by atoms with Gasteiger partial charge in [-0.05, 0) is 38.8 Å². The Bertz CT molecular complexity index is 705. The molecule has 9 heteroatoms. The summed E-state index contributed by atoms with van der Waals surface area (Å²) in [4.78, 5) is 26.7. The molecule has 1 aromatic rings. The Morgan fingerprint density at radius 1 is 1.33 bits per heavy atom. The number of sulfonamides is 1. The van der Waals surface area contributed by atoms with E-state index in [-0.39, 0.29) is 24.2 Å². The lowest BCUT2D eigenvalue weighted by atomic mass is 10.0. The molecule has 1 aliphatic heterocycles. The topological polar surface area (TPSA) is 95.0 Å². The molecule has 1 fully saturated rings. The third-order valence-corrected chi connectivity index (χ3v) is 7.01. The van der Waals surface area contributed by atoms with Gasteiger partial charge in [0.25, 0.3) is 5.91 Å². The molecule has 0 spiro atoms. The zero-order valence-corrected chi connectivity index (χ0v) is 15.4. The molecule has 2 heterocycles. The van der Waals surface area contributed by atoms with Crippen molar-refractivity contribution in [3.63, 3.8) is 0 Å². The summed E-state index contributed by atoms with van der Waals surface area (Å²) in [7, 11) is -3.25. The molecule has 24 heavy (non-hydrogen) atoms. The summed E-state index contributed by atoms with van der Waals surface area (Å²) >= 11 is 1.33. The molecule has 2 rings (SSSR count). The van der Waals surface area contributed by atoms with Crippen LogP contribution < -0.4 is 0 Å². The number of nitrogens with zero attached hydrogens (tertiary/aromatic N) is 2. The van der Waals surface area contributed by atoms with Crippen molar-refractivity contribution in [3.8, 4) is 0 Å². The lowest BCUT2D eigenvalue weighted by Gasteiger charge is -2.37. The lowest BCUT2D eigenvalue weighted by molar-refractivity contribution is -0.138. The summed E-state index contributed by atoms with van der Waals surface area (Å²) in [6, 6.07) is 3.26. The quantitative estimate of drug-likeness (QED) is 0.812. The normalized spacial score (nSPS) is 16.9. The zero-order valence-electron chi connectivity index (χ0n) is 13.8. The van der Waals surface area contributed by atoms with Crippen molar-refractivity contribution in [2.24, 2.45) is 0 Å². The van der Waals surface area contributed by atoms with Crippen molar-refractivity contribution < 1.29 is 23.1 Å². The third-order valence-electron chi connectivity index (χ3n) is 4.14. The van der Waals surface area contributed by atoms with E-state index < -0.39 is 16.0 Å². The van der Waals surface area contributed by atoms with Crippen LogP contribution in [-0.2, 0) is 14.8 Å². The molecular formula is C15H22N2O5S2. The molecule has 0 aromatic carbocycles. The Labute approximate surface area is 145 Å². The van der Waals surface area contributed by atoms with Gasteiger partial charge in [0.1, 0.15) is 6.54 Å². The molecule has 1 N–H and O–H groups in total. The van der Waals surface area contributed by atoms with Crippen molar-refractivity contribution >= 4 is 33.2 Å². The maximum absolute atomic E-state index is 12.7. The van der Waals surface area contributed by atoms with E-state index >= 15 is 0 Å². The summed E-state index contributed by atoms with van der Waals surface area (Å²) in [6.07, 6.45) is 0.894. The predicted octanol–water partition coefficient (Wildman–Crippen LogP) is 1.40. The van der Waals surface area contributed by atoms with Gasteiger partial charge in [-0.15, -0.1) is 11.3 Å². The third kappa shape index (κ3) is 4.34. The average Bonchev–Trinajstić information content (AvgIpc) is 2.98. The van der Waals surface area contributed by atoms with E-state index in [1.807, 2.05) is 13.0 Å². The summed E-state index contributed by atoms with van der Waals surface area (Å²) in [6.45, 7) is 3.74. The number of amides is 1. The molecule has 1 amide bonds. The number of hydrogen-bond donors (Lipinski definition) is 1. The highest BCUT2D eigenvalue weighted by molar-refractivity contribution is 7.89. The standard InChI is InChI=1S/C15H22N2O5S2/c1-3-24(21,22)16-8-6-12(7-9-16)17(10-14(18)19)15(20)13-5-4-11(2)23-13/h4-5,12H,3,6-10H2,1-2H3,(H,18,19). The van der Waals surface area contributed by atoms with Gasteiger partial charge in [-0.2, -0.15) is 0 Å². The number of hydrogen-bond acceptors (Lipinski definition) is 5. The molecular weight excluding hydrogens is 352 g/mol. The minimum Gasteiger partial charge on any atom is -0.480 e. The maximum Gasteiger partial charge on any atom is 0.323 e. The second-order valence-electron chi connectivity index (χ2n) is 5.77. The van der Waals surface area contributed by atoms with E-state index in [9.17, 15) is 18.0 Å². The first-order valence-corrected chi connectivity index (χ1v) is 10.2. The number of carboxylic acid groups (broad SMARTS) is 1. The minimum atomic E-state index is -3.25. The van der Waals surface area contributed by atoms with Crippen molar-refractivity contribution in [1.82, 2.24) is 9.21 Å². The number of carbonyl (C=O) groups excluding carboxylic acids is 1. The van der Waals surface area contributed by atoms with Crippen LogP contribution in [0.25, 0.3) is 0 Å². The van der Waals surface area contributed by atoms with E-state index in [2.05, 4.69) is 0 Å². The Morgan fingerprint density at radius 3 is 2.42 bits per heavy atom. The number of carboxylic acids is 1. The first-order chi connectivity index (χ1) is 11.2. The minimum absolute atomic E-state index is 0.0455. The second-order valence-corrected chi connectivity index (χ2v) is 9.31. The van der Waals surface area contributed by atoms with Gasteiger partial charge in [0.2, 0.25) is 10.0 Å². The number of piperidine rings is 1. The van der Waals surface area contributed by atoms with E-state index in [1.54, 1.807) is 13.0 Å². The number of aryl methyl sites for hydroxylation is 1. The van der Waals surface area contributed by atoms with Gasteiger partial charge >= 0.3 is 5.97 Å². The fraction of sp³-hybridized carbons (Fsp3) is 0.600. The maximum atomic E-state index is 12.7. The van der Waals surface area contributed by atoms with Crippen LogP contribution in [0.15, 0.2) is 12.1 Å². The number of rotatable bonds is 6. The highest BCUT2D eigenvalue weighted by Crippen LogP contribution is 2.23. The molecule has 0 bridgehead atoms. The van der Waals surface area contributed by atoms with Crippen LogP contribution >= 0.6 is 11.3 Å². The van der Waals surface area contributed by atoms with Crippen molar-refractivity contribution in [3.05, 3.63) is 21.9 Å². The van der Waals surface area contributed by atoms with Crippen molar-refractivity contribution in [2.75, 3.05) is 25.4 Å². The van der Waals surface area contributed by atoms with Gasteiger partial charge in [0, 0.05) is 24.0 Å². The molecule has 0 radical (unpaired) electrons. The van der Waals surface area contributed by atoms with Crippen molar-refractivity contribution in [2.45, 2.75) is 32.7 Å². The number of thiophene rings is 1. The lowest BCUT2D eigenvalue weighted by Crippen LogP contribution is -2.50. The molecule has 0 unspecified atom stereocenters. The molecule has 1 aliphatic rings. The fourth-order valence-electron chi connectivity index (χ4n) is 2.82. The Morgan fingerprint density at radius 2 is 1.96 bits per heavy atom. The van der Waals surface area contributed by atoms with E-state index in [4.69, 9.17) is 5.11 Å². The van der Waals surface area contributed by atoms with Gasteiger partial charge in [0.15, 0.2) is 0 Å². The summed E-state index contributed by atoms with van der Waals surface area (Å²) < 4.78 is 25.3. The molecule has 0 aliphatic carbocycles. The fourth-order valence-corrected chi connectivity index (χ4v) is 4.77. The number of aliphatic carboxylic acids is 1. The second kappa shape index (κ2) is 7.62. The Kier molecular flexibility index (Phi) is 6.00. The van der Waals surface area contributed by atoms with Crippen molar-refractivity contribution in [1.29, 1.82) is 0 Å². The van der Waals surface area contributed by atoms with Gasteiger partial charge < -0.3 is 10.0 Å². The molecule has 0 saturated carbocycles. The van der Waals surface area contributed by atoms with Crippen LogP contribution in [0.3, 0.4) is 0 Å². The summed E-state index contributed by atoms with van der Waals surface area (Å²) in [5.41, 5.74) is 0. The van der Waals surface area contributed by atoms with E-state index in [0.29, 0.717) is 30.8 Å². The smallest absolute Gasteiger partial charge is 0.323 e. The highest BCUT2D eigenvalue weighted by atomic mass is 32.2. The van der Waals surface area contributed by atoms with Crippen LogP contribution in [-0.4, -0.2) is 66.0 Å². The van der Waals surface area contributed by atoms with E-state index in [1.165, 1.54) is 20.5 Å². The predicted molar refractivity (Wildman–Crippen MR) is 91.8 cm³/mol. The summed E-state index contributed by atoms with van der Waals surface area (Å²) in [5, 5.41) is 9.14. The van der Waals surface area contributed by atoms with Crippen LogP contribution in [0.5, 0.6) is 0 Å². The monoisotopic (exact) mass is 374 g/mol. The molecule has 1 saturated heterocycles. The Balaban J connectivity index is 2.12. The molecule has 7 nitrogen and oxygen atoms in total. The molecule has 0 atom stereocenters. The Hall–Kier alpha value is -1.45. The van der Waals surface area contributed by atoms with E-state index in [0.717, 1.165) is 4.88 Å². The van der Waals surface area contributed by atoms with Gasteiger partial charge in [-0.1, -0.05) is 0 Å². The summed E-state index contributed by atoms with van der Waals surface area (Å²) in [5.74, 6) is -1.32. The molecule has 134 valence electrons. The van der Waals surface area contributed by atoms with Gasteiger partial charge in [-0.3, -0.25) is 9.59 Å². The van der Waals surface area contributed by atoms with Crippen LogP contribution in [0, 0.1) is 6.92 Å². The highest BCUT2D eigenvalue weighted by Gasteiger charge is 2.33. The zero-order chi connectivity index (χ0) is 17.9. The largest absolute Gasteiger partial charge is 0.480 e. The van der Waals surface area contributed by atoms with Gasteiger partial charge in [0.05, 0.1) is 10.6 Å².